The van der Waals surface area contributed by atoms with Crippen molar-refractivity contribution in [2.45, 2.75) is 38.8 Å². The summed E-state index contributed by atoms with van der Waals surface area (Å²) in [6.45, 7) is 3.15. The summed E-state index contributed by atoms with van der Waals surface area (Å²) in [5.74, 6) is 0.147. The molecule has 1 atom stereocenters. The van der Waals surface area contributed by atoms with Gasteiger partial charge in [0.15, 0.2) is 0 Å². The van der Waals surface area contributed by atoms with Gasteiger partial charge in [0.25, 0.3) is 0 Å². The molecule has 1 aliphatic carbocycles. The van der Waals surface area contributed by atoms with Crippen molar-refractivity contribution in [1.82, 2.24) is 9.47 Å². The van der Waals surface area contributed by atoms with Crippen LogP contribution >= 0.6 is 0 Å². The number of fused-ring (bicyclic) bond motifs is 1. The minimum atomic E-state index is 0.147. The topological polar surface area (TPSA) is 51.3 Å². The Bertz CT molecular complexity index is 411. The van der Waals surface area contributed by atoms with Gasteiger partial charge >= 0.3 is 0 Å². The Morgan fingerprint density at radius 2 is 2.35 bits per heavy atom. The Hall–Kier alpha value is -1.29. The van der Waals surface area contributed by atoms with Gasteiger partial charge in [0.2, 0.25) is 5.91 Å². The van der Waals surface area contributed by atoms with Crippen molar-refractivity contribution in [2.75, 3.05) is 13.6 Å². The Morgan fingerprint density at radius 3 is 3.00 bits per heavy atom. The second-order valence-corrected chi connectivity index (χ2v) is 4.82. The summed E-state index contributed by atoms with van der Waals surface area (Å²) < 4.78 is 1.98. The molecule has 2 N–H and O–H groups in total. The predicted octanol–water partition coefficient (Wildman–Crippen LogP) is 1.30. The maximum absolute atomic E-state index is 11.8. The lowest BCUT2D eigenvalue weighted by Gasteiger charge is -2.17. The summed E-state index contributed by atoms with van der Waals surface area (Å²) in [5.41, 5.74) is 8.61. The van der Waals surface area contributed by atoms with Gasteiger partial charge in [-0.2, -0.15) is 0 Å². The Morgan fingerprint density at radius 1 is 1.59 bits per heavy atom. The SMILES string of the molecule is CCN(C)C(=O)Cn1cc2c(c1)C(N)CCC2. The number of nitrogens with two attached hydrogens (primary N) is 1. The van der Waals surface area contributed by atoms with Gasteiger partial charge in [0, 0.05) is 32.0 Å². The van der Waals surface area contributed by atoms with Crippen LogP contribution in [0.25, 0.3) is 0 Å². The Kier molecular flexibility index (Phi) is 3.52. The number of carbonyl (C=O) groups is 1. The van der Waals surface area contributed by atoms with Crippen molar-refractivity contribution in [1.29, 1.82) is 0 Å². The van der Waals surface area contributed by atoms with Gasteiger partial charge in [-0.15, -0.1) is 0 Å². The molecule has 0 aliphatic heterocycles. The lowest BCUT2D eigenvalue weighted by molar-refractivity contribution is -0.130. The number of aryl methyl sites for hydroxylation is 1. The van der Waals surface area contributed by atoms with E-state index in [-0.39, 0.29) is 11.9 Å². The van der Waals surface area contributed by atoms with Gasteiger partial charge < -0.3 is 15.2 Å². The third kappa shape index (κ3) is 2.52. The van der Waals surface area contributed by atoms with Crippen LogP contribution in [0.5, 0.6) is 0 Å². The van der Waals surface area contributed by atoms with Crippen molar-refractivity contribution < 1.29 is 4.79 Å². The zero-order valence-corrected chi connectivity index (χ0v) is 10.6. The normalized spacial score (nSPS) is 18.9. The first-order chi connectivity index (χ1) is 8.11. The molecule has 94 valence electrons. The third-order valence-corrected chi connectivity index (χ3v) is 3.58. The van der Waals surface area contributed by atoms with Gasteiger partial charge in [-0.05, 0) is 37.3 Å². The van der Waals surface area contributed by atoms with Gasteiger partial charge in [0.1, 0.15) is 6.54 Å². The van der Waals surface area contributed by atoms with Crippen molar-refractivity contribution >= 4 is 5.91 Å². The third-order valence-electron chi connectivity index (χ3n) is 3.58. The van der Waals surface area contributed by atoms with Crippen molar-refractivity contribution in [2.24, 2.45) is 5.73 Å². The zero-order valence-electron chi connectivity index (χ0n) is 10.6. The standard InChI is InChI=1S/C13H21N3O/c1-3-15(2)13(17)9-16-7-10-5-4-6-12(14)11(10)8-16/h7-8,12H,3-6,9,14H2,1-2H3. The summed E-state index contributed by atoms with van der Waals surface area (Å²) >= 11 is 0. The fourth-order valence-electron chi connectivity index (χ4n) is 2.33. The molecule has 0 aromatic carbocycles. The highest BCUT2D eigenvalue weighted by Gasteiger charge is 2.19. The van der Waals surface area contributed by atoms with Crippen molar-refractivity contribution in [3.8, 4) is 0 Å². The summed E-state index contributed by atoms with van der Waals surface area (Å²) in [4.78, 5) is 13.5. The van der Waals surface area contributed by atoms with E-state index in [1.165, 1.54) is 11.1 Å². The van der Waals surface area contributed by atoms with Crippen LogP contribution in [-0.2, 0) is 17.8 Å². The van der Waals surface area contributed by atoms with Crippen molar-refractivity contribution in [3.05, 3.63) is 23.5 Å². The van der Waals surface area contributed by atoms with Gasteiger partial charge in [-0.1, -0.05) is 0 Å². The van der Waals surface area contributed by atoms with Crippen LogP contribution in [0.4, 0.5) is 0 Å². The molecule has 4 nitrogen and oxygen atoms in total. The Balaban J connectivity index is 2.10. The van der Waals surface area contributed by atoms with Gasteiger partial charge in [0.05, 0.1) is 0 Å². The molecule has 0 saturated carbocycles. The monoisotopic (exact) mass is 235 g/mol. The quantitative estimate of drug-likeness (QED) is 0.858. The summed E-state index contributed by atoms with van der Waals surface area (Å²) in [7, 11) is 1.83. The van der Waals surface area contributed by atoms with Crippen LogP contribution in [-0.4, -0.2) is 29.0 Å². The molecule has 4 heteroatoms. The lowest BCUT2D eigenvalue weighted by Crippen LogP contribution is -2.29. The molecule has 0 bridgehead atoms. The highest BCUT2D eigenvalue weighted by molar-refractivity contribution is 5.75. The van der Waals surface area contributed by atoms with Crippen LogP contribution in [0, 0.1) is 0 Å². The van der Waals surface area contributed by atoms with Crippen molar-refractivity contribution in [3.63, 3.8) is 0 Å². The van der Waals surface area contributed by atoms with Crippen LogP contribution < -0.4 is 5.73 Å². The van der Waals surface area contributed by atoms with Crippen LogP contribution in [0.15, 0.2) is 12.4 Å². The molecule has 1 aliphatic rings. The van der Waals surface area contributed by atoms with E-state index in [4.69, 9.17) is 5.73 Å². The largest absolute Gasteiger partial charge is 0.344 e. The van der Waals surface area contributed by atoms with Gasteiger partial charge in [-0.3, -0.25) is 4.79 Å². The van der Waals surface area contributed by atoms with Crippen LogP contribution in [0.3, 0.4) is 0 Å². The summed E-state index contributed by atoms with van der Waals surface area (Å²) in [5, 5.41) is 0. The molecule has 1 aromatic rings. The molecular weight excluding hydrogens is 214 g/mol. The summed E-state index contributed by atoms with van der Waals surface area (Å²) in [6.07, 6.45) is 7.42. The highest BCUT2D eigenvalue weighted by Crippen LogP contribution is 2.28. The number of aromatic nitrogens is 1. The first kappa shape index (κ1) is 12.2. The maximum atomic E-state index is 11.8. The number of amides is 1. The maximum Gasteiger partial charge on any atom is 0.242 e. The number of likely N-dealkylation sites (N-methyl/N-ethyl adjacent to an activating group) is 1. The minimum absolute atomic E-state index is 0.147. The van der Waals surface area contributed by atoms with E-state index >= 15 is 0 Å². The average Bonchev–Trinajstić information content (AvgIpc) is 2.72. The highest BCUT2D eigenvalue weighted by atomic mass is 16.2. The molecule has 1 amide bonds. The molecule has 0 fully saturated rings. The van der Waals surface area contributed by atoms with E-state index in [1.807, 2.05) is 24.7 Å². The number of rotatable bonds is 3. The molecule has 1 heterocycles. The first-order valence-corrected chi connectivity index (χ1v) is 6.30. The van der Waals surface area contributed by atoms with E-state index in [9.17, 15) is 4.79 Å². The van der Waals surface area contributed by atoms with E-state index in [0.29, 0.717) is 6.54 Å². The number of hydrogen-bond donors (Lipinski definition) is 1. The lowest BCUT2D eigenvalue weighted by atomic mass is 9.92. The predicted molar refractivity (Wildman–Crippen MR) is 67.6 cm³/mol. The fraction of sp³-hybridized carbons (Fsp3) is 0.615. The molecule has 17 heavy (non-hydrogen) atoms. The molecule has 1 aromatic heterocycles. The Labute approximate surface area is 102 Å². The molecule has 0 saturated heterocycles. The molecule has 2 rings (SSSR count). The smallest absolute Gasteiger partial charge is 0.242 e. The molecule has 0 spiro atoms. The van der Waals surface area contributed by atoms with E-state index in [2.05, 4.69) is 6.20 Å². The summed E-state index contributed by atoms with van der Waals surface area (Å²) in [6, 6.07) is 0.152. The van der Waals surface area contributed by atoms with E-state index in [1.54, 1.807) is 4.90 Å². The molecule has 1 unspecified atom stereocenters. The van der Waals surface area contributed by atoms with Crippen LogP contribution in [0.1, 0.15) is 36.9 Å². The number of nitrogens with zero attached hydrogens (tertiary/aromatic N) is 2. The average molecular weight is 235 g/mol. The van der Waals surface area contributed by atoms with E-state index in [0.717, 1.165) is 25.8 Å². The van der Waals surface area contributed by atoms with Crippen LogP contribution in [0.2, 0.25) is 0 Å². The number of hydrogen-bond acceptors (Lipinski definition) is 2. The fourth-order valence-corrected chi connectivity index (χ4v) is 2.33. The number of carbonyl (C=O) groups excluding carboxylic acids is 1. The minimum Gasteiger partial charge on any atom is -0.344 e. The molecular formula is C13H21N3O. The molecule has 0 radical (unpaired) electrons. The second-order valence-electron chi connectivity index (χ2n) is 4.82. The van der Waals surface area contributed by atoms with Gasteiger partial charge in [-0.25, -0.2) is 0 Å². The first-order valence-electron chi connectivity index (χ1n) is 6.30. The second kappa shape index (κ2) is 4.92. The van der Waals surface area contributed by atoms with E-state index < -0.39 is 0 Å². The zero-order chi connectivity index (χ0) is 12.4.